The van der Waals surface area contributed by atoms with Crippen LogP contribution in [-0.4, -0.2) is 32.3 Å². The molecule has 4 heteroatoms. The number of hydrogen-bond acceptors (Lipinski definition) is 3. The lowest BCUT2D eigenvalue weighted by atomic mass is 9.90. The van der Waals surface area contributed by atoms with Crippen LogP contribution in [0.3, 0.4) is 0 Å². The van der Waals surface area contributed by atoms with Gasteiger partial charge in [0.25, 0.3) is 0 Å². The quantitative estimate of drug-likeness (QED) is 0.519. The van der Waals surface area contributed by atoms with Gasteiger partial charge in [0.15, 0.2) is 0 Å². The third-order valence-corrected chi connectivity index (χ3v) is 6.77. The summed E-state index contributed by atoms with van der Waals surface area (Å²) in [6.07, 6.45) is 6.03. The molecule has 1 heterocycles. The van der Waals surface area contributed by atoms with Crippen LogP contribution in [0.1, 0.15) is 46.9 Å². The highest BCUT2D eigenvalue weighted by molar-refractivity contribution is 5.79. The van der Waals surface area contributed by atoms with Crippen molar-refractivity contribution in [3.63, 3.8) is 0 Å². The summed E-state index contributed by atoms with van der Waals surface area (Å²) in [7, 11) is 0. The van der Waals surface area contributed by atoms with Crippen LogP contribution in [0, 0.1) is 0 Å². The van der Waals surface area contributed by atoms with Crippen LogP contribution in [0.15, 0.2) is 78.9 Å². The van der Waals surface area contributed by atoms with E-state index in [9.17, 15) is 4.79 Å². The standard InChI is InChI=1S/C29H30N2O2/c32-29(31-17-5-6-21-11-13-22(14-12-21)23-15-18-30-19-16-23)33-20-28-26-9-3-1-7-24(26)25-8-2-4-10-27(25)28/h1-14,23,28,30H,15-20H2,(H,31,32). The zero-order valence-corrected chi connectivity index (χ0v) is 18.8. The van der Waals surface area contributed by atoms with Gasteiger partial charge in [-0.25, -0.2) is 4.79 Å². The number of carbonyl (C=O) groups is 1. The molecular weight excluding hydrogens is 408 g/mol. The molecule has 0 bridgehead atoms. The molecule has 1 aliphatic carbocycles. The summed E-state index contributed by atoms with van der Waals surface area (Å²) in [5.74, 6) is 0.747. The monoisotopic (exact) mass is 438 g/mol. The van der Waals surface area contributed by atoms with Crippen molar-refractivity contribution in [1.29, 1.82) is 0 Å². The molecule has 1 saturated heterocycles. The highest BCUT2D eigenvalue weighted by atomic mass is 16.5. The Morgan fingerprint density at radius 1 is 0.909 bits per heavy atom. The van der Waals surface area contributed by atoms with Gasteiger partial charge in [0.05, 0.1) is 0 Å². The molecule has 0 aromatic heterocycles. The SMILES string of the molecule is O=C(NCC=Cc1ccc(C2CCNCC2)cc1)OCC1c2ccccc2-c2ccccc21. The second-order valence-electron chi connectivity index (χ2n) is 8.80. The molecule has 3 aromatic carbocycles. The molecule has 1 amide bonds. The van der Waals surface area contributed by atoms with E-state index in [0.717, 1.165) is 18.7 Å². The number of benzene rings is 3. The molecule has 0 saturated carbocycles. The Morgan fingerprint density at radius 2 is 1.55 bits per heavy atom. The first kappa shape index (κ1) is 21.5. The topological polar surface area (TPSA) is 50.4 Å². The highest BCUT2D eigenvalue weighted by Crippen LogP contribution is 2.44. The van der Waals surface area contributed by atoms with E-state index in [2.05, 4.69) is 71.3 Å². The highest BCUT2D eigenvalue weighted by Gasteiger charge is 2.28. The van der Waals surface area contributed by atoms with E-state index in [-0.39, 0.29) is 12.0 Å². The second-order valence-corrected chi connectivity index (χ2v) is 8.80. The Labute approximate surface area is 195 Å². The zero-order chi connectivity index (χ0) is 22.5. The van der Waals surface area contributed by atoms with Gasteiger partial charge in [-0.2, -0.15) is 0 Å². The van der Waals surface area contributed by atoms with E-state index >= 15 is 0 Å². The summed E-state index contributed by atoms with van der Waals surface area (Å²) in [6.45, 7) is 2.98. The Bertz CT molecular complexity index is 1080. The Kier molecular flexibility index (Phi) is 6.54. The fourth-order valence-electron chi connectivity index (χ4n) is 5.02. The lowest BCUT2D eigenvalue weighted by Gasteiger charge is -2.22. The molecule has 0 spiro atoms. The molecule has 168 valence electrons. The van der Waals surface area contributed by atoms with E-state index in [1.54, 1.807) is 0 Å². The van der Waals surface area contributed by atoms with Crippen molar-refractivity contribution < 1.29 is 9.53 Å². The number of alkyl carbamates (subject to hydrolysis) is 1. The van der Waals surface area contributed by atoms with Gasteiger partial charge in [0.2, 0.25) is 0 Å². The summed E-state index contributed by atoms with van der Waals surface area (Å²) in [6, 6.07) is 25.5. The molecule has 2 N–H and O–H groups in total. The van der Waals surface area contributed by atoms with E-state index in [1.807, 2.05) is 24.3 Å². The van der Waals surface area contributed by atoms with Gasteiger partial charge < -0.3 is 15.4 Å². The lowest BCUT2D eigenvalue weighted by Crippen LogP contribution is -2.26. The molecular formula is C29H30N2O2. The van der Waals surface area contributed by atoms with Gasteiger partial charge in [-0.3, -0.25) is 0 Å². The summed E-state index contributed by atoms with van der Waals surface area (Å²) < 4.78 is 5.59. The zero-order valence-electron chi connectivity index (χ0n) is 18.8. The number of nitrogens with one attached hydrogen (secondary N) is 2. The molecule has 1 aliphatic heterocycles. The Hall–Kier alpha value is -3.37. The molecule has 0 radical (unpaired) electrons. The number of hydrogen-bond donors (Lipinski definition) is 2. The molecule has 5 rings (SSSR count). The van der Waals surface area contributed by atoms with Crippen LogP contribution < -0.4 is 10.6 Å². The van der Waals surface area contributed by atoms with E-state index in [1.165, 1.54) is 40.7 Å². The third kappa shape index (κ3) is 4.86. The number of piperidine rings is 1. The van der Waals surface area contributed by atoms with Crippen molar-refractivity contribution in [2.75, 3.05) is 26.2 Å². The van der Waals surface area contributed by atoms with E-state index in [4.69, 9.17) is 4.74 Å². The minimum absolute atomic E-state index is 0.0807. The van der Waals surface area contributed by atoms with Gasteiger partial charge in [-0.15, -0.1) is 0 Å². The number of amides is 1. The summed E-state index contributed by atoms with van der Waals surface area (Å²) in [5, 5.41) is 6.25. The predicted octanol–water partition coefficient (Wildman–Crippen LogP) is 5.71. The van der Waals surface area contributed by atoms with Crippen molar-refractivity contribution in [3.8, 4) is 11.1 Å². The van der Waals surface area contributed by atoms with Crippen LogP contribution in [0.2, 0.25) is 0 Å². The molecule has 0 unspecified atom stereocenters. The van der Waals surface area contributed by atoms with Gasteiger partial charge in [-0.05, 0) is 65.2 Å². The summed E-state index contributed by atoms with van der Waals surface area (Å²) in [4.78, 5) is 12.3. The molecule has 4 nitrogen and oxygen atoms in total. The molecule has 0 atom stereocenters. The van der Waals surface area contributed by atoms with Crippen LogP contribution >= 0.6 is 0 Å². The fraction of sp³-hybridized carbons (Fsp3) is 0.276. The number of ether oxygens (including phenoxy) is 1. The maximum absolute atomic E-state index is 12.3. The van der Waals surface area contributed by atoms with Crippen molar-refractivity contribution in [2.45, 2.75) is 24.7 Å². The van der Waals surface area contributed by atoms with Crippen molar-refractivity contribution in [3.05, 3.63) is 101 Å². The summed E-state index contributed by atoms with van der Waals surface area (Å²) >= 11 is 0. The maximum Gasteiger partial charge on any atom is 0.407 e. The molecule has 33 heavy (non-hydrogen) atoms. The number of carbonyl (C=O) groups excluding carboxylic acids is 1. The molecule has 2 aliphatic rings. The first-order valence-electron chi connectivity index (χ1n) is 11.9. The summed E-state index contributed by atoms with van der Waals surface area (Å²) in [5.41, 5.74) is 7.47. The third-order valence-electron chi connectivity index (χ3n) is 6.77. The first-order valence-corrected chi connectivity index (χ1v) is 11.9. The maximum atomic E-state index is 12.3. The molecule has 3 aromatic rings. The number of rotatable bonds is 6. The van der Waals surface area contributed by atoms with Gasteiger partial charge in [0.1, 0.15) is 6.61 Å². The molecule has 1 fully saturated rings. The van der Waals surface area contributed by atoms with Gasteiger partial charge in [0, 0.05) is 12.5 Å². The van der Waals surface area contributed by atoms with Crippen molar-refractivity contribution in [1.82, 2.24) is 10.6 Å². The minimum Gasteiger partial charge on any atom is -0.449 e. The van der Waals surface area contributed by atoms with E-state index in [0.29, 0.717) is 19.1 Å². The van der Waals surface area contributed by atoms with E-state index < -0.39 is 0 Å². The van der Waals surface area contributed by atoms with Crippen LogP contribution in [0.4, 0.5) is 4.79 Å². The lowest BCUT2D eigenvalue weighted by molar-refractivity contribution is 0.144. The van der Waals surface area contributed by atoms with Crippen LogP contribution in [0.25, 0.3) is 17.2 Å². The average molecular weight is 439 g/mol. The van der Waals surface area contributed by atoms with Crippen LogP contribution in [0.5, 0.6) is 0 Å². The second kappa shape index (κ2) is 10.1. The minimum atomic E-state index is -0.386. The average Bonchev–Trinajstić information content (AvgIpc) is 3.20. The predicted molar refractivity (Wildman–Crippen MR) is 133 cm³/mol. The van der Waals surface area contributed by atoms with Gasteiger partial charge in [-0.1, -0.05) is 84.9 Å². The fourth-order valence-corrected chi connectivity index (χ4v) is 5.02. The van der Waals surface area contributed by atoms with Gasteiger partial charge >= 0.3 is 6.09 Å². The Balaban J connectivity index is 1.11. The first-order chi connectivity index (χ1) is 16.3. The largest absolute Gasteiger partial charge is 0.449 e. The number of fused-ring (bicyclic) bond motifs is 3. The van der Waals surface area contributed by atoms with Crippen LogP contribution in [-0.2, 0) is 4.74 Å². The van der Waals surface area contributed by atoms with Crippen molar-refractivity contribution >= 4 is 12.2 Å². The van der Waals surface area contributed by atoms with Crippen molar-refractivity contribution in [2.24, 2.45) is 0 Å². The normalized spacial score (nSPS) is 15.9. The Morgan fingerprint density at radius 3 is 2.21 bits per heavy atom. The smallest absolute Gasteiger partial charge is 0.407 e.